The quantitative estimate of drug-likeness (QED) is 0.322. The molecule has 0 amide bonds. The molecule has 0 saturated heterocycles. The van der Waals surface area contributed by atoms with Crippen LogP contribution in [-0.2, 0) is 9.59 Å². The van der Waals surface area contributed by atoms with Gasteiger partial charge in [-0.15, -0.1) is 0 Å². The summed E-state index contributed by atoms with van der Waals surface area (Å²) in [5.74, 6) is -2.04. The summed E-state index contributed by atoms with van der Waals surface area (Å²) in [7, 11) is 0. The maximum Gasteiger partial charge on any atom is 1.00 e. The van der Waals surface area contributed by atoms with Gasteiger partial charge >= 0.3 is 65.1 Å². The smallest absolute Gasteiger partial charge is 0.548 e. The predicted octanol–water partition coefficient (Wildman–Crippen LogP) is -2.08. The molecule has 0 unspecified atom stereocenters. The first-order valence-electron chi connectivity index (χ1n) is 10.4. The van der Waals surface area contributed by atoms with Crippen LogP contribution in [-0.4, -0.2) is 30.1 Å². The molecule has 0 aromatic heterocycles. The van der Waals surface area contributed by atoms with Crippen molar-refractivity contribution in [2.75, 3.05) is 23.7 Å². The van der Waals surface area contributed by atoms with E-state index in [1.165, 1.54) is 33.4 Å². The molecule has 0 heterocycles. The van der Waals surface area contributed by atoms with Gasteiger partial charge in [0.1, 0.15) is 6.54 Å². The number of hydrogen-bond acceptors (Lipinski definition) is 5. The van der Waals surface area contributed by atoms with E-state index in [1.54, 1.807) is 0 Å². The normalized spacial score (nSPS) is 10.0. The van der Waals surface area contributed by atoms with Crippen molar-refractivity contribution < 1.29 is 78.9 Å². The van der Waals surface area contributed by atoms with Crippen LogP contribution in [0.25, 0.3) is 22.3 Å². The van der Waals surface area contributed by atoms with E-state index in [9.17, 15) is 14.7 Å². The minimum Gasteiger partial charge on any atom is -0.548 e. The molecule has 0 aliphatic rings. The molecule has 3 rings (SSSR count). The van der Waals surface area contributed by atoms with Crippen LogP contribution >= 0.6 is 0 Å². The van der Waals surface area contributed by atoms with Crippen molar-refractivity contribution in [3.05, 3.63) is 70.8 Å². The number of hydrogen-bond donors (Lipinski definition) is 3. The number of carbonyl (C=O) groups excluding carboxylic acids is 1. The molecule has 6 nitrogen and oxygen atoms in total. The van der Waals surface area contributed by atoms with Gasteiger partial charge in [-0.3, -0.25) is 4.79 Å². The molecule has 0 bridgehead atoms. The molecule has 0 atom stereocenters. The molecular weight excluding hydrogens is 450 g/mol. The molecule has 0 spiro atoms. The first kappa shape index (κ1) is 30.2. The Hall–Kier alpha value is -1.80. The molecule has 3 aromatic rings. The topological polar surface area (TPSA) is 101 Å². The van der Waals surface area contributed by atoms with Gasteiger partial charge in [0, 0.05) is 11.4 Å². The number of carbonyl (C=O) groups is 2. The Morgan fingerprint density at radius 3 is 1.29 bits per heavy atom. The fraction of sp³-hybridized carbons (Fsp3) is 0.231. The van der Waals surface area contributed by atoms with Crippen LogP contribution in [0.4, 0.5) is 11.4 Å². The number of carboxylic acid groups (broad SMARTS) is 2. The van der Waals surface area contributed by atoms with Crippen molar-refractivity contribution in [3.63, 3.8) is 0 Å². The molecule has 0 radical (unpaired) electrons. The number of rotatable bonds is 8. The van der Waals surface area contributed by atoms with E-state index < -0.39 is 11.9 Å². The van der Waals surface area contributed by atoms with Crippen molar-refractivity contribution in [1.82, 2.24) is 0 Å². The van der Waals surface area contributed by atoms with Gasteiger partial charge in [0.15, 0.2) is 0 Å². The van der Waals surface area contributed by atoms with Crippen molar-refractivity contribution in [3.8, 4) is 22.3 Å². The van der Waals surface area contributed by atoms with Gasteiger partial charge in [0.2, 0.25) is 0 Å². The fourth-order valence-corrected chi connectivity index (χ4v) is 4.04. The molecular formula is C26H27N2Na2O4+. The summed E-state index contributed by atoms with van der Waals surface area (Å²) in [6, 6.07) is 15.5. The van der Waals surface area contributed by atoms with E-state index in [1.807, 2.05) is 48.5 Å². The second-order valence-electron chi connectivity index (χ2n) is 7.88. The van der Waals surface area contributed by atoms with Gasteiger partial charge in [-0.25, -0.2) is 0 Å². The maximum absolute atomic E-state index is 10.8. The zero-order chi connectivity index (χ0) is 23.4. The Labute approximate surface area is 244 Å². The average Bonchev–Trinajstić information content (AvgIpc) is 2.77. The molecule has 8 heteroatoms. The zero-order valence-electron chi connectivity index (χ0n) is 20.7. The predicted molar refractivity (Wildman–Crippen MR) is 126 cm³/mol. The fourth-order valence-electron chi connectivity index (χ4n) is 4.04. The summed E-state index contributed by atoms with van der Waals surface area (Å²) >= 11 is 0. The molecule has 0 fully saturated rings. The maximum atomic E-state index is 10.8. The first-order valence-corrected chi connectivity index (χ1v) is 10.4. The van der Waals surface area contributed by atoms with E-state index in [-0.39, 0.29) is 72.2 Å². The number of anilines is 2. The molecule has 0 saturated carbocycles. The van der Waals surface area contributed by atoms with E-state index in [4.69, 9.17) is 5.11 Å². The molecule has 0 aliphatic carbocycles. The molecule has 3 N–H and O–H groups in total. The van der Waals surface area contributed by atoms with E-state index >= 15 is 0 Å². The van der Waals surface area contributed by atoms with Crippen LogP contribution in [0.2, 0.25) is 0 Å². The number of aliphatic carboxylic acids is 2. The number of benzene rings is 3. The molecule has 34 heavy (non-hydrogen) atoms. The summed E-state index contributed by atoms with van der Waals surface area (Å²) in [6.45, 7) is 8.12. The van der Waals surface area contributed by atoms with E-state index in [2.05, 4.69) is 38.3 Å². The third kappa shape index (κ3) is 7.11. The molecule has 166 valence electrons. The van der Waals surface area contributed by atoms with Crippen molar-refractivity contribution >= 4 is 23.3 Å². The van der Waals surface area contributed by atoms with Gasteiger partial charge in [0.05, 0.1) is 12.5 Å². The second-order valence-corrected chi connectivity index (χ2v) is 7.88. The van der Waals surface area contributed by atoms with Crippen molar-refractivity contribution in [2.45, 2.75) is 27.7 Å². The molecule has 0 aliphatic heterocycles. The monoisotopic (exact) mass is 477 g/mol. The van der Waals surface area contributed by atoms with E-state index in [0.717, 1.165) is 22.5 Å². The second kappa shape index (κ2) is 13.3. The van der Waals surface area contributed by atoms with Gasteiger partial charge < -0.3 is 25.6 Å². The Morgan fingerprint density at radius 1 is 0.676 bits per heavy atom. The first-order chi connectivity index (χ1) is 15.2. The summed E-state index contributed by atoms with van der Waals surface area (Å²) < 4.78 is 0. The SMILES string of the molecule is Cc1c(C)c(-c2ccc(NCC(=O)O)cc2)c(C)c(C)c1-c1ccc(NCC(=O)[O-])cc1.[Na+].[Na+]. The van der Waals surface area contributed by atoms with Crippen LogP contribution in [0.5, 0.6) is 0 Å². The summed E-state index contributed by atoms with van der Waals surface area (Å²) in [6.07, 6.45) is 0. The Kier molecular flexibility index (Phi) is 11.9. The molecule has 3 aromatic carbocycles. The standard InChI is InChI=1S/C26H28N2O4.2Na/c1-15-16(2)26(20-7-11-22(12-8-20)28-14-24(31)32)18(4)17(3)25(15)19-5-9-21(10-6-19)27-13-23(29)30;;/h5-12,27-28H,13-14H2,1-4H3,(H,29,30)(H,31,32);;/q;2*+1/p-1. The van der Waals surface area contributed by atoms with Gasteiger partial charge in [-0.2, -0.15) is 0 Å². The van der Waals surface area contributed by atoms with Crippen molar-refractivity contribution in [2.24, 2.45) is 0 Å². The average molecular weight is 477 g/mol. The number of nitrogens with one attached hydrogen (secondary N) is 2. The third-order valence-electron chi connectivity index (χ3n) is 5.85. The van der Waals surface area contributed by atoms with Gasteiger partial charge in [-0.1, -0.05) is 24.3 Å². The van der Waals surface area contributed by atoms with Crippen LogP contribution in [0.1, 0.15) is 22.3 Å². The Balaban J connectivity index is 0.00000289. The summed E-state index contributed by atoms with van der Waals surface area (Å²) in [4.78, 5) is 21.4. The van der Waals surface area contributed by atoms with Crippen molar-refractivity contribution in [1.29, 1.82) is 0 Å². The van der Waals surface area contributed by atoms with Gasteiger partial charge in [-0.05, 0) is 96.5 Å². The zero-order valence-corrected chi connectivity index (χ0v) is 24.7. The summed E-state index contributed by atoms with van der Waals surface area (Å²) in [5, 5.41) is 25.2. The van der Waals surface area contributed by atoms with Crippen LogP contribution in [0, 0.1) is 27.7 Å². The third-order valence-corrected chi connectivity index (χ3v) is 5.85. The van der Waals surface area contributed by atoms with Crippen LogP contribution in [0.15, 0.2) is 48.5 Å². The minimum atomic E-state index is -1.15. The van der Waals surface area contributed by atoms with Gasteiger partial charge in [0.25, 0.3) is 0 Å². The Bertz CT molecular complexity index is 1040. The summed E-state index contributed by atoms with van der Waals surface area (Å²) in [5.41, 5.74) is 10.8. The van der Waals surface area contributed by atoms with Crippen LogP contribution < -0.4 is 74.9 Å². The van der Waals surface area contributed by atoms with E-state index in [0.29, 0.717) is 0 Å². The minimum absolute atomic E-state index is 0. The van der Waals surface area contributed by atoms with Crippen LogP contribution in [0.3, 0.4) is 0 Å². The largest absolute Gasteiger partial charge is 1.00 e. The number of carboxylic acids is 2. The Morgan fingerprint density at radius 2 is 1.00 bits per heavy atom.